The second-order valence-electron chi connectivity index (χ2n) is 10.9. The number of aromatic nitrogens is 2. The molecule has 0 aliphatic heterocycles. The Hall–Kier alpha value is -3.72. The van der Waals surface area contributed by atoms with Crippen molar-refractivity contribution in [2.45, 2.75) is 79.0 Å². The summed E-state index contributed by atoms with van der Waals surface area (Å²) in [5.74, 6) is -0.439. The molecule has 0 atom stereocenters. The molecule has 43 heavy (non-hydrogen) atoms. The molecule has 4 rings (SSSR count). The summed E-state index contributed by atoms with van der Waals surface area (Å²) in [4.78, 5) is 18.7. The number of carbonyl (C=O) groups excluding carboxylic acids is 1. The highest BCUT2D eigenvalue weighted by Gasteiger charge is 2.66. The van der Waals surface area contributed by atoms with E-state index in [9.17, 15) is 22.4 Å². The Kier molecular flexibility index (Phi) is 12.5. The first-order chi connectivity index (χ1) is 20.1. The molecule has 0 radical (unpaired) electrons. The summed E-state index contributed by atoms with van der Waals surface area (Å²) in [6.07, 6.45) is 0.902. The molecule has 0 saturated heterocycles. The molecule has 1 aliphatic rings. The van der Waals surface area contributed by atoms with Crippen LogP contribution in [-0.2, 0) is 16.0 Å². The van der Waals surface area contributed by atoms with Crippen LogP contribution in [0.1, 0.15) is 71.6 Å². The summed E-state index contributed by atoms with van der Waals surface area (Å²) >= 11 is 0. The molecule has 5 nitrogen and oxygen atoms in total. The SMILES string of the molecule is C=C(C)/C=C(\OC)C1(C(F)(F)F)CC1.C=C(C)c1cc2cc(-c3ccc(CC(C)=O)c(F)c3)cnc2[nH]1.CCC(O)CC. The lowest BCUT2D eigenvalue weighted by atomic mass is 10.0. The van der Waals surface area contributed by atoms with Crippen LogP contribution in [0.2, 0.25) is 0 Å². The smallest absolute Gasteiger partial charge is 0.401 e. The Balaban J connectivity index is 0.000000274. The standard InChI is InChI=1S/C19H17FN2O.C10H13F3O.C5H12O/c1-11(2)18-9-15-7-16(10-21-19(15)22-18)13-4-5-14(6-12(3)23)17(20)8-13;1-7(2)6-8(14-3)9(4-5-9)10(11,12)13;1-3-5(6)4-2/h4-5,7-10H,1,6H2,2-3H3,(H,21,22);6H,1,4-5H2,2-3H3;5-6H,3-4H2,1-2H3/b;8-6-;. The molecule has 0 unspecified atom stereocenters. The maximum absolute atomic E-state index is 14.1. The van der Waals surface area contributed by atoms with Gasteiger partial charge >= 0.3 is 6.18 Å². The van der Waals surface area contributed by atoms with Crippen LogP contribution in [0.15, 0.2) is 67.1 Å². The maximum atomic E-state index is 14.1. The number of halogens is 4. The number of Topliss-reactive ketones (excluding diaryl/α,β-unsaturated/α-hetero) is 1. The first-order valence-corrected chi connectivity index (χ1v) is 14.2. The van der Waals surface area contributed by atoms with Crippen molar-refractivity contribution in [2.75, 3.05) is 7.11 Å². The molecule has 2 aromatic heterocycles. The molecule has 0 spiro atoms. The van der Waals surface area contributed by atoms with E-state index in [4.69, 9.17) is 9.84 Å². The van der Waals surface area contributed by atoms with Crippen LogP contribution in [0, 0.1) is 11.2 Å². The Bertz CT molecular complexity index is 1460. The van der Waals surface area contributed by atoms with E-state index < -0.39 is 11.6 Å². The number of rotatable bonds is 9. The van der Waals surface area contributed by atoms with E-state index in [1.54, 1.807) is 19.2 Å². The van der Waals surface area contributed by atoms with Crippen LogP contribution in [0.4, 0.5) is 17.6 Å². The van der Waals surface area contributed by atoms with Gasteiger partial charge in [-0.3, -0.25) is 4.79 Å². The molecule has 1 saturated carbocycles. The van der Waals surface area contributed by atoms with E-state index >= 15 is 0 Å². The summed E-state index contributed by atoms with van der Waals surface area (Å²) in [5, 5.41) is 9.62. The first-order valence-electron chi connectivity index (χ1n) is 14.2. The highest BCUT2D eigenvalue weighted by Crippen LogP contribution is 2.62. The molecule has 2 heterocycles. The highest BCUT2D eigenvalue weighted by atomic mass is 19.4. The number of ketones is 1. The average Bonchev–Trinajstić information content (AvgIpc) is 3.65. The van der Waals surface area contributed by atoms with Crippen LogP contribution in [0.3, 0.4) is 0 Å². The number of allylic oxidation sites excluding steroid dienone is 4. The number of carbonyl (C=O) groups is 1. The summed E-state index contributed by atoms with van der Waals surface area (Å²) < 4.78 is 56.8. The summed E-state index contributed by atoms with van der Waals surface area (Å²) in [6, 6.07) is 8.87. The van der Waals surface area contributed by atoms with Crippen LogP contribution in [-0.4, -0.2) is 40.2 Å². The molecule has 1 aliphatic carbocycles. The van der Waals surface area contributed by atoms with E-state index in [0.29, 0.717) is 11.1 Å². The fourth-order valence-corrected chi connectivity index (χ4v) is 4.24. The molecule has 234 valence electrons. The van der Waals surface area contributed by atoms with E-state index in [-0.39, 0.29) is 42.7 Å². The van der Waals surface area contributed by atoms with Gasteiger partial charge in [-0.1, -0.05) is 44.7 Å². The number of aliphatic hydroxyl groups is 1. The third-order valence-electron chi connectivity index (χ3n) is 7.06. The Morgan fingerprint density at radius 3 is 2.16 bits per heavy atom. The van der Waals surface area contributed by atoms with E-state index in [1.165, 1.54) is 26.2 Å². The maximum Gasteiger partial charge on any atom is 0.401 e. The number of aromatic amines is 1. The number of hydrogen-bond acceptors (Lipinski definition) is 4. The average molecular weight is 603 g/mol. The number of hydrogen-bond donors (Lipinski definition) is 2. The van der Waals surface area contributed by atoms with Crippen LogP contribution in [0.25, 0.3) is 27.7 Å². The number of H-pyrrole nitrogens is 1. The number of pyridine rings is 1. The zero-order valence-electron chi connectivity index (χ0n) is 25.8. The minimum Gasteiger partial charge on any atom is -0.500 e. The second-order valence-corrected chi connectivity index (χ2v) is 10.9. The van der Waals surface area contributed by atoms with Gasteiger partial charge in [-0.05, 0) is 87.4 Å². The molecule has 3 aromatic rings. The number of alkyl halides is 3. The van der Waals surface area contributed by atoms with Gasteiger partial charge in [0.15, 0.2) is 0 Å². The Morgan fingerprint density at radius 2 is 1.74 bits per heavy atom. The number of benzene rings is 1. The minimum atomic E-state index is -4.22. The van der Waals surface area contributed by atoms with Crippen molar-refractivity contribution in [3.63, 3.8) is 0 Å². The van der Waals surface area contributed by atoms with Gasteiger partial charge in [-0.15, -0.1) is 0 Å². The predicted molar refractivity (Wildman–Crippen MR) is 165 cm³/mol. The van der Waals surface area contributed by atoms with Crippen molar-refractivity contribution in [1.82, 2.24) is 9.97 Å². The Labute approximate surface area is 251 Å². The third kappa shape index (κ3) is 9.64. The van der Waals surface area contributed by atoms with Gasteiger partial charge < -0.3 is 14.8 Å². The third-order valence-corrected chi connectivity index (χ3v) is 7.06. The zero-order valence-corrected chi connectivity index (χ0v) is 25.8. The van der Waals surface area contributed by atoms with Crippen molar-refractivity contribution in [1.29, 1.82) is 0 Å². The molecule has 2 N–H and O–H groups in total. The van der Waals surface area contributed by atoms with Crippen molar-refractivity contribution in [3.8, 4) is 11.1 Å². The molecular formula is C34H42F4N2O3. The lowest BCUT2D eigenvalue weighted by Crippen LogP contribution is -2.27. The summed E-state index contributed by atoms with van der Waals surface area (Å²) in [6.45, 7) is 16.4. The molecule has 1 fully saturated rings. The van der Waals surface area contributed by atoms with Gasteiger partial charge in [0.1, 0.15) is 28.4 Å². The number of nitrogens with one attached hydrogen (secondary N) is 1. The first kappa shape index (κ1) is 35.5. The largest absolute Gasteiger partial charge is 0.500 e. The second kappa shape index (κ2) is 15.1. The fourth-order valence-electron chi connectivity index (χ4n) is 4.24. The van der Waals surface area contributed by atoms with Crippen molar-refractivity contribution in [2.24, 2.45) is 5.41 Å². The highest BCUT2D eigenvalue weighted by molar-refractivity contribution is 5.85. The van der Waals surface area contributed by atoms with Gasteiger partial charge in [0.25, 0.3) is 0 Å². The lowest BCUT2D eigenvalue weighted by Gasteiger charge is -2.21. The van der Waals surface area contributed by atoms with Crippen LogP contribution >= 0.6 is 0 Å². The van der Waals surface area contributed by atoms with Crippen molar-refractivity contribution in [3.05, 3.63) is 84.2 Å². The number of methoxy groups -OCH3 is 1. The van der Waals surface area contributed by atoms with E-state index in [1.807, 2.05) is 39.0 Å². The number of aliphatic hydroxyl groups excluding tert-OH is 1. The monoisotopic (exact) mass is 602 g/mol. The molecule has 0 bridgehead atoms. The van der Waals surface area contributed by atoms with Crippen molar-refractivity contribution >= 4 is 22.4 Å². The minimum absolute atomic E-state index is 0.0162. The van der Waals surface area contributed by atoms with Crippen molar-refractivity contribution < 1.29 is 32.2 Å². The van der Waals surface area contributed by atoms with Gasteiger partial charge in [-0.2, -0.15) is 13.2 Å². The van der Waals surface area contributed by atoms with E-state index in [0.717, 1.165) is 46.3 Å². The number of ether oxygens (including phenoxy) is 1. The topological polar surface area (TPSA) is 75.2 Å². The number of fused-ring (bicyclic) bond motifs is 1. The van der Waals surface area contributed by atoms with Crippen LogP contribution in [0.5, 0.6) is 0 Å². The molecular weight excluding hydrogens is 560 g/mol. The van der Waals surface area contributed by atoms with Gasteiger partial charge in [0.2, 0.25) is 0 Å². The molecule has 0 amide bonds. The Morgan fingerprint density at radius 1 is 1.12 bits per heavy atom. The normalized spacial score (nSPS) is 13.9. The summed E-state index contributed by atoms with van der Waals surface area (Å²) in [5.41, 5.74) is 3.47. The predicted octanol–water partition coefficient (Wildman–Crippen LogP) is 9.14. The lowest BCUT2D eigenvalue weighted by molar-refractivity contribution is -0.184. The summed E-state index contributed by atoms with van der Waals surface area (Å²) in [7, 11) is 1.26. The molecule has 1 aromatic carbocycles. The quantitative estimate of drug-likeness (QED) is 0.146. The fraction of sp³-hybridized carbons (Fsp3) is 0.412. The van der Waals surface area contributed by atoms with Gasteiger partial charge in [0.05, 0.1) is 13.2 Å². The molecule has 9 heteroatoms. The zero-order chi connectivity index (χ0) is 32.5. The van der Waals surface area contributed by atoms with Gasteiger partial charge in [0, 0.05) is 29.3 Å². The van der Waals surface area contributed by atoms with Gasteiger partial charge in [-0.25, -0.2) is 9.37 Å². The van der Waals surface area contributed by atoms with Crippen LogP contribution < -0.4 is 0 Å². The van der Waals surface area contributed by atoms with E-state index in [2.05, 4.69) is 23.1 Å². The number of nitrogens with zero attached hydrogens (tertiary/aromatic N) is 1.